The van der Waals surface area contributed by atoms with Crippen LogP contribution in [0.3, 0.4) is 0 Å². The Bertz CT molecular complexity index is 195. The van der Waals surface area contributed by atoms with Crippen molar-refractivity contribution < 1.29 is 9.90 Å². The van der Waals surface area contributed by atoms with E-state index in [0.717, 1.165) is 13.1 Å². The lowest BCUT2D eigenvalue weighted by Crippen LogP contribution is -2.58. The molecule has 13 heavy (non-hydrogen) atoms. The van der Waals surface area contributed by atoms with Crippen LogP contribution in [-0.4, -0.2) is 40.7 Å². The summed E-state index contributed by atoms with van der Waals surface area (Å²) in [5.41, 5.74) is 5.50. The second-order valence-corrected chi connectivity index (χ2v) is 5.43. The van der Waals surface area contributed by atoms with Crippen molar-refractivity contribution in [1.29, 1.82) is 0 Å². The second kappa shape index (κ2) is 4.30. The molecular weight excluding hydrogens is 188 g/mol. The molecule has 0 aliphatic carbocycles. The Balaban J connectivity index is 2.44. The number of carboxylic acids is 1. The van der Waals surface area contributed by atoms with Crippen molar-refractivity contribution in [1.82, 2.24) is 5.32 Å². The van der Waals surface area contributed by atoms with Gasteiger partial charge >= 0.3 is 5.97 Å². The van der Waals surface area contributed by atoms with Gasteiger partial charge in [0.15, 0.2) is 0 Å². The number of hydrogen-bond acceptors (Lipinski definition) is 4. The first kappa shape index (κ1) is 10.8. The molecule has 0 saturated carbocycles. The minimum Gasteiger partial charge on any atom is -0.481 e. The van der Waals surface area contributed by atoms with Gasteiger partial charge in [-0.1, -0.05) is 6.92 Å². The zero-order chi connectivity index (χ0) is 9.90. The molecule has 0 aromatic rings. The van der Waals surface area contributed by atoms with Gasteiger partial charge in [-0.3, -0.25) is 4.79 Å². The molecule has 1 aliphatic heterocycles. The van der Waals surface area contributed by atoms with Crippen molar-refractivity contribution in [3.63, 3.8) is 0 Å². The highest BCUT2D eigenvalue weighted by Gasteiger charge is 2.40. The topological polar surface area (TPSA) is 75.4 Å². The van der Waals surface area contributed by atoms with Gasteiger partial charge in [-0.05, 0) is 0 Å². The number of hydrogen-bond donors (Lipinski definition) is 3. The number of carbonyl (C=O) groups is 1. The van der Waals surface area contributed by atoms with E-state index in [1.54, 1.807) is 11.8 Å². The summed E-state index contributed by atoms with van der Waals surface area (Å²) in [6, 6.07) is 0. The third-order valence-corrected chi connectivity index (χ3v) is 3.68. The van der Waals surface area contributed by atoms with Crippen LogP contribution in [0.5, 0.6) is 0 Å². The van der Waals surface area contributed by atoms with E-state index in [1.807, 2.05) is 6.92 Å². The molecule has 0 amide bonds. The van der Waals surface area contributed by atoms with Crippen molar-refractivity contribution in [3.8, 4) is 0 Å². The molecule has 1 saturated heterocycles. The zero-order valence-electron chi connectivity index (χ0n) is 7.75. The minimum atomic E-state index is -0.724. The lowest BCUT2D eigenvalue weighted by molar-refractivity contribution is -0.138. The minimum absolute atomic E-state index is 0.107. The molecule has 1 heterocycles. The summed E-state index contributed by atoms with van der Waals surface area (Å²) >= 11 is 1.69. The van der Waals surface area contributed by atoms with Crippen LogP contribution in [0.4, 0.5) is 0 Å². The van der Waals surface area contributed by atoms with Crippen LogP contribution in [0, 0.1) is 0 Å². The fourth-order valence-corrected chi connectivity index (χ4v) is 2.93. The Morgan fingerprint density at radius 2 is 2.38 bits per heavy atom. The summed E-state index contributed by atoms with van der Waals surface area (Å²) in [6.07, 6.45) is 0.231. The highest BCUT2D eigenvalue weighted by atomic mass is 32.2. The van der Waals surface area contributed by atoms with E-state index < -0.39 is 5.97 Å². The Morgan fingerprint density at radius 3 is 2.69 bits per heavy atom. The van der Waals surface area contributed by atoms with Crippen LogP contribution in [0.1, 0.15) is 13.3 Å². The first-order valence-electron chi connectivity index (χ1n) is 4.38. The fourth-order valence-electron chi connectivity index (χ4n) is 1.40. The number of carboxylic acid groups (broad SMARTS) is 1. The average molecular weight is 204 g/mol. The van der Waals surface area contributed by atoms with Crippen LogP contribution in [0.15, 0.2) is 0 Å². The number of nitrogens with one attached hydrogen (secondary N) is 1. The molecule has 1 unspecified atom stereocenters. The summed E-state index contributed by atoms with van der Waals surface area (Å²) in [7, 11) is 0. The fraction of sp³-hybridized carbons (Fsp3) is 0.875. The Hall–Kier alpha value is -0.260. The van der Waals surface area contributed by atoms with Crippen molar-refractivity contribution >= 4 is 17.7 Å². The van der Waals surface area contributed by atoms with E-state index in [1.165, 1.54) is 0 Å². The van der Waals surface area contributed by atoms with E-state index in [2.05, 4.69) is 5.32 Å². The summed E-state index contributed by atoms with van der Waals surface area (Å²) in [4.78, 5) is 10.6. The number of rotatable bonds is 5. The van der Waals surface area contributed by atoms with Crippen LogP contribution in [0.2, 0.25) is 0 Å². The van der Waals surface area contributed by atoms with E-state index >= 15 is 0 Å². The normalized spacial score (nSPS) is 22.0. The molecular formula is C8H16N2O2S. The van der Waals surface area contributed by atoms with E-state index in [-0.39, 0.29) is 11.2 Å². The maximum Gasteiger partial charge on any atom is 0.304 e. The van der Waals surface area contributed by atoms with Gasteiger partial charge in [-0.25, -0.2) is 0 Å². The Labute approximate surface area is 82.3 Å². The summed E-state index contributed by atoms with van der Waals surface area (Å²) in [6.45, 7) is 4.21. The maximum atomic E-state index is 10.6. The van der Waals surface area contributed by atoms with Gasteiger partial charge < -0.3 is 16.2 Å². The molecule has 0 radical (unpaired) electrons. The van der Waals surface area contributed by atoms with Gasteiger partial charge in [0, 0.05) is 24.9 Å². The smallest absolute Gasteiger partial charge is 0.304 e. The van der Waals surface area contributed by atoms with Gasteiger partial charge in [0.05, 0.1) is 11.2 Å². The molecule has 1 aliphatic rings. The molecule has 76 valence electrons. The van der Waals surface area contributed by atoms with Gasteiger partial charge in [-0.15, -0.1) is 11.8 Å². The summed E-state index contributed by atoms with van der Waals surface area (Å²) in [5.74, 6) is -0.724. The third kappa shape index (κ3) is 2.86. The van der Waals surface area contributed by atoms with E-state index in [9.17, 15) is 4.79 Å². The predicted molar refractivity (Wildman–Crippen MR) is 54.0 cm³/mol. The van der Waals surface area contributed by atoms with Crippen LogP contribution in [-0.2, 0) is 4.79 Å². The number of nitrogens with two attached hydrogens (primary N) is 1. The van der Waals surface area contributed by atoms with Gasteiger partial charge in [0.2, 0.25) is 0 Å². The van der Waals surface area contributed by atoms with Crippen LogP contribution in [0.25, 0.3) is 0 Å². The van der Waals surface area contributed by atoms with Crippen molar-refractivity contribution in [3.05, 3.63) is 0 Å². The molecule has 5 heteroatoms. The molecule has 1 rings (SSSR count). The number of thioether (sulfide) groups is 1. The highest BCUT2D eigenvalue weighted by Crippen LogP contribution is 2.35. The quantitative estimate of drug-likeness (QED) is 0.582. The lowest BCUT2D eigenvalue weighted by Gasteiger charge is -2.42. The monoisotopic (exact) mass is 204 g/mol. The standard InChI is InChI=1S/C8H16N2O2S/c1-6(3-9)13-8(2-7(11)12)4-10-5-8/h6,10H,2-5,9H2,1H3,(H,11,12). The Morgan fingerprint density at radius 1 is 1.77 bits per heavy atom. The highest BCUT2D eigenvalue weighted by molar-refractivity contribution is 8.01. The average Bonchev–Trinajstić information content (AvgIpc) is 1.99. The predicted octanol–water partition coefficient (Wildman–Crippen LogP) is -0.116. The van der Waals surface area contributed by atoms with Crippen molar-refractivity contribution in [2.24, 2.45) is 5.73 Å². The third-order valence-electron chi connectivity index (χ3n) is 2.15. The summed E-state index contributed by atoms with van der Waals surface area (Å²) < 4.78 is -0.107. The summed E-state index contributed by atoms with van der Waals surface area (Å²) in [5, 5.41) is 12.2. The van der Waals surface area contributed by atoms with Gasteiger partial charge in [0.1, 0.15) is 0 Å². The molecule has 0 aromatic heterocycles. The second-order valence-electron chi connectivity index (χ2n) is 3.52. The van der Waals surface area contributed by atoms with Gasteiger partial charge in [0.25, 0.3) is 0 Å². The van der Waals surface area contributed by atoms with E-state index in [0.29, 0.717) is 11.8 Å². The van der Waals surface area contributed by atoms with Crippen molar-refractivity contribution in [2.45, 2.75) is 23.3 Å². The first-order chi connectivity index (χ1) is 6.08. The van der Waals surface area contributed by atoms with Crippen LogP contribution < -0.4 is 11.1 Å². The van der Waals surface area contributed by atoms with Crippen molar-refractivity contribution in [2.75, 3.05) is 19.6 Å². The molecule has 0 spiro atoms. The molecule has 4 nitrogen and oxygen atoms in total. The molecule has 4 N–H and O–H groups in total. The van der Waals surface area contributed by atoms with Gasteiger partial charge in [-0.2, -0.15) is 0 Å². The lowest BCUT2D eigenvalue weighted by atomic mass is 9.98. The first-order valence-corrected chi connectivity index (χ1v) is 5.26. The van der Waals surface area contributed by atoms with Crippen LogP contribution >= 0.6 is 11.8 Å². The van der Waals surface area contributed by atoms with E-state index in [4.69, 9.17) is 10.8 Å². The maximum absolute atomic E-state index is 10.6. The molecule has 1 fully saturated rings. The Kier molecular flexibility index (Phi) is 3.58. The zero-order valence-corrected chi connectivity index (χ0v) is 8.56. The molecule has 0 aromatic carbocycles. The molecule has 0 bridgehead atoms. The molecule has 1 atom stereocenters. The number of aliphatic carboxylic acids is 1. The SMILES string of the molecule is CC(CN)SC1(CC(=O)O)CNC1. The largest absolute Gasteiger partial charge is 0.481 e.